The molecule has 0 bridgehead atoms. The molecule has 0 aliphatic rings. The molecule has 1 aromatic carbocycles. The second kappa shape index (κ2) is 4.23. The molecule has 0 radical (unpaired) electrons. The van der Waals surface area contributed by atoms with Gasteiger partial charge in [-0.3, -0.25) is 0 Å². The largest absolute Gasteiger partial charge is 0.506 e. The minimum absolute atomic E-state index is 0.0315. The molecule has 0 aromatic heterocycles. The highest BCUT2D eigenvalue weighted by Crippen LogP contribution is 2.34. The molecule has 13 heavy (non-hydrogen) atoms. The molecule has 1 aromatic rings. The highest BCUT2D eigenvalue weighted by molar-refractivity contribution is 6.35. The second-order valence-electron chi connectivity index (χ2n) is 2.55. The minimum Gasteiger partial charge on any atom is -0.506 e. The number of rotatable bonds is 2. The van der Waals surface area contributed by atoms with Crippen molar-refractivity contribution in [2.75, 3.05) is 0 Å². The number of allylic oxidation sites excluding steroid dienone is 1. The van der Waals surface area contributed by atoms with E-state index < -0.39 is 0 Å². The Morgan fingerprint density at radius 3 is 2.38 bits per heavy atom. The minimum atomic E-state index is -0.0315. The summed E-state index contributed by atoms with van der Waals surface area (Å²) < 4.78 is 0. The first-order valence-electron chi connectivity index (χ1n) is 3.51. The molecule has 0 aliphatic carbocycles. The Morgan fingerprint density at radius 1 is 1.31 bits per heavy atom. The van der Waals surface area contributed by atoms with Crippen LogP contribution in [0.2, 0.25) is 10.0 Å². The summed E-state index contributed by atoms with van der Waals surface area (Å²) in [6, 6.07) is 3.14. The molecule has 0 fully saturated rings. The topological polar surface area (TPSA) is 20.2 Å². The molecule has 0 saturated heterocycles. The van der Waals surface area contributed by atoms with E-state index in [0.29, 0.717) is 22.0 Å². The van der Waals surface area contributed by atoms with Crippen molar-refractivity contribution in [1.82, 2.24) is 0 Å². The zero-order valence-corrected chi connectivity index (χ0v) is 8.92. The van der Waals surface area contributed by atoms with E-state index in [-0.39, 0.29) is 10.8 Å². The Bertz CT molecular complexity index is 347. The molecule has 4 heteroatoms. The summed E-state index contributed by atoms with van der Waals surface area (Å²) in [4.78, 5) is 0. The van der Waals surface area contributed by atoms with Crippen LogP contribution >= 0.6 is 34.8 Å². The molecule has 0 atom stereocenters. The molecule has 0 spiro atoms. The molecule has 0 heterocycles. The SMILES string of the molecule is C=C(Cl)Cc1c(Cl)ccc(Cl)c1O. The van der Waals surface area contributed by atoms with Crippen molar-refractivity contribution in [2.45, 2.75) is 6.42 Å². The Hall–Kier alpha value is -0.370. The lowest BCUT2D eigenvalue weighted by Gasteiger charge is -2.06. The summed E-state index contributed by atoms with van der Waals surface area (Å²) in [6.07, 6.45) is 0.312. The fraction of sp³-hybridized carbons (Fsp3) is 0.111. The van der Waals surface area contributed by atoms with Gasteiger partial charge in [0.1, 0.15) is 5.75 Å². The first kappa shape index (κ1) is 10.7. The first-order valence-corrected chi connectivity index (χ1v) is 4.65. The van der Waals surface area contributed by atoms with Crippen LogP contribution in [0, 0.1) is 0 Å². The summed E-state index contributed by atoms with van der Waals surface area (Å²) in [5.74, 6) is -0.0315. The van der Waals surface area contributed by atoms with E-state index in [1.165, 1.54) is 6.07 Å². The third-order valence-electron chi connectivity index (χ3n) is 1.54. The third-order valence-corrected chi connectivity index (χ3v) is 2.34. The van der Waals surface area contributed by atoms with E-state index in [1.807, 2.05) is 0 Å². The van der Waals surface area contributed by atoms with Crippen LogP contribution in [0.3, 0.4) is 0 Å². The monoisotopic (exact) mass is 236 g/mol. The van der Waals surface area contributed by atoms with Gasteiger partial charge in [0.25, 0.3) is 0 Å². The summed E-state index contributed by atoms with van der Waals surface area (Å²) >= 11 is 17.1. The van der Waals surface area contributed by atoms with E-state index in [2.05, 4.69) is 6.58 Å². The summed E-state index contributed by atoms with van der Waals surface area (Å²) in [5, 5.41) is 10.6. The molecule has 0 amide bonds. The Kier molecular flexibility index (Phi) is 3.48. The molecule has 1 N–H and O–H groups in total. The van der Waals surface area contributed by atoms with Gasteiger partial charge in [-0.1, -0.05) is 41.4 Å². The van der Waals surface area contributed by atoms with Gasteiger partial charge in [-0.05, 0) is 12.1 Å². The highest BCUT2D eigenvalue weighted by atomic mass is 35.5. The van der Waals surface area contributed by atoms with Crippen LogP contribution in [-0.2, 0) is 6.42 Å². The van der Waals surface area contributed by atoms with E-state index in [1.54, 1.807) is 6.07 Å². The molecule has 1 rings (SSSR count). The number of halogens is 3. The highest BCUT2D eigenvalue weighted by Gasteiger charge is 2.10. The molecule has 0 aliphatic heterocycles. The van der Waals surface area contributed by atoms with E-state index in [9.17, 15) is 5.11 Å². The van der Waals surface area contributed by atoms with Gasteiger partial charge in [0.05, 0.1) is 5.02 Å². The number of hydrogen-bond donors (Lipinski definition) is 1. The first-order chi connectivity index (χ1) is 6.02. The maximum atomic E-state index is 9.51. The van der Waals surface area contributed by atoms with Crippen LogP contribution in [0.25, 0.3) is 0 Å². The average Bonchev–Trinajstić information content (AvgIpc) is 2.05. The molecular weight excluding hydrogens is 230 g/mol. The number of benzene rings is 1. The van der Waals surface area contributed by atoms with Crippen LogP contribution in [-0.4, -0.2) is 5.11 Å². The molecule has 1 nitrogen and oxygen atoms in total. The molecule has 70 valence electrons. The van der Waals surface area contributed by atoms with Gasteiger partial charge in [0, 0.05) is 22.0 Å². The van der Waals surface area contributed by atoms with Crippen LogP contribution in [0.15, 0.2) is 23.7 Å². The van der Waals surface area contributed by atoms with Crippen LogP contribution in [0.5, 0.6) is 5.75 Å². The Balaban J connectivity index is 3.17. The quantitative estimate of drug-likeness (QED) is 0.824. The van der Waals surface area contributed by atoms with Crippen molar-refractivity contribution < 1.29 is 5.11 Å². The van der Waals surface area contributed by atoms with Gasteiger partial charge >= 0.3 is 0 Å². The smallest absolute Gasteiger partial charge is 0.139 e. The summed E-state index contributed by atoms with van der Waals surface area (Å²) in [5.41, 5.74) is 0.508. The predicted octanol–water partition coefficient (Wildman–Crippen LogP) is 3.99. The number of hydrogen-bond acceptors (Lipinski definition) is 1. The maximum absolute atomic E-state index is 9.51. The van der Waals surface area contributed by atoms with Crippen molar-refractivity contribution in [3.63, 3.8) is 0 Å². The van der Waals surface area contributed by atoms with Crippen molar-refractivity contribution in [1.29, 1.82) is 0 Å². The van der Waals surface area contributed by atoms with E-state index in [4.69, 9.17) is 34.8 Å². The third kappa shape index (κ3) is 2.53. The lowest BCUT2D eigenvalue weighted by Crippen LogP contribution is -1.87. The number of aromatic hydroxyl groups is 1. The number of phenolic OH excluding ortho intramolecular Hbond substituents is 1. The zero-order chi connectivity index (χ0) is 10.0. The van der Waals surface area contributed by atoms with Gasteiger partial charge in [-0.25, -0.2) is 0 Å². The van der Waals surface area contributed by atoms with Gasteiger partial charge in [0.15, 0.2) is 0 Å². The Labute approximate surface area is 91.5 Å². The zero-order valence-electron chi connectivity index (χ0n) is 6.65. The van der Waals surface area contributed by atoms with Crippen LogP contribution in [0.1, 0.15) is 5.56 Å². The standard InChI is InChI=1S/C9H7Cl3O/c1-5(10)4-6-7(11)2-3-8(12)9(6)13/h2-3,13H,1,4H2. The summed E-state index contributed by atoms with van der Waals surface area (Å²) in [6.45, 7) is 3.51. The van der Waals surface area contributed by atoms with E-state index >= 15 is 0 Å². The fourth-order valence-corrected chi connectivity index (χ4v) is 1.47. The van der Waals surface area contributed by atoms with Gasteiger partial charge in [0.2, 0.25) is 0 Å². The van der Waals surface area contributed by atoms with Crippen molar-refractivity contribution in [2.24, 2.45) is 0 Å². The van der Waals surface area contributed by atoms with Gasteiger partial charge in [-0.2, -0.15) is 0 Å². The van der Waals surface area contributed by atoms with Gasteiger partial charge < -0.3 is 5.11 Å². The molecule has 0 saturated carbocycles. The molecule has 0 unspecified atom stereocenters. The van der Waals surface area contributed by atoms with Crippen molar-refractivity contribution in [3.05, 3.63) is 39.4 Å². The molecular formula is C9H7Cl3O. The van der Waals surface area contributed by atoms with Crippen molar-refractivity contribution >= 4 is 34.8 Å². The lowest BCUT2D eigenvalue weighted by atomic mass is 10.1. The maximum Gasteiger partial charge on any atom is 0.139 e. The number of phenols is 1. The fourth-order valence-electron chi connectivity index (χ4n) is 0.943. The Morgan fingerprint density at radius 2 is 1.85 bits per heavy atom. The summed E-state index contributed by atoms with van der Waals surface area (Å²) in [7, 11) is 0. The second-order valence-corrected chi connectivity index (χ2v) is 3.90. The van der Waals surface area contributed by atoms with E-state index in [0.717, 1.165) is 0 Å². The normalized spacial score (nSPS) is 10.1. The predicted molar refractivity (Wildman–Crippen MR) is 56.8 cm³/mol. The van der Waals surface area contributed by atoms with Crippen LogP contribution < -0.4 is 0 Å². The van der Waals surface area contributed by atoms with Crippen molar-refractivity contribution in [3.8, 4) is 5.75 Å². The lowest BCUT2D eigenvalue weighted by molar-refractivity contribution is 0.470. The van der Waals surface area contributed by atoms with Crippen LogP contribution in [0.4, 0.5) is 0 Å². The average molecular weight is 238 g/mol. The van der Waals surface area contributed by atoms with Gasteiger partial charge in [-0.15, -0.1) is 0 Å².